The second kappa shape index (κ2) is 5.00. The zero-order chi connectivity index (χ0) is 12.6. The zero-order valence-corrected chi connectivity index (χ0v) is 12.7. The maximum absolute atomic E-state index is 13.8. The van der Waals surface area contributed by atoms with Crippen LogP contribution in [-0.4, -0.2) is 5.78 Å². The molecular weight excluding hydrogens is 371 g/mol. The molecule has 0 aliphatic carbocycles. The predicted octanol–water partition coefficient (Wildman–Crippen LogP) is 4.95. The van der Waals surface area contributed by atoms with Crippen LogP contribution in [0.15, 0.2) is 33.2 Å². The molecule has 0 radical (unpaired) electrons. The molecule has 0 spiro atoms. The topological polar surface area (TPSA) is 17.1 Å². The third kappa shape index (κ3) is 2.51. The van der Waals surface area contributed by atoms with Crippen LogP contribution in [-0.2, 0) is 0 Å². The first-order valence-electron chi connectivity index (χ1n) is 4.75. The highest BCUT2D eigenvalue weighted by molar-refractivity contribution is 9.10. The Balaban J connectivity index is 2.47. The van der Waals surface area contributed by atoms with Gasteiger partial charge in [0, 0.05) is 9.35 Å². The van der Waals surface area contributed by atoms with Gasteiger partial charge in [0.25, 0.3) is 0 Å². The van der Waals surface area contributed by atoms with Gasteiger partial charge in [-0.1, -0.05) is 6.07 Å². The van der Waals surface area contributed by atoms with Crippen molar-refractivity contribution in [2.45, 2.75) is 6.92 Å². The van der Waals surface area contributed by atoms with Crippen molar-refractivity contribution >= 4 is 49.0 Å². The number of hydrogen-bond donors (Lipinski definition) is 0. The Morgan fingerprint density at radius 2 is 2.00 bits per heavy atom. The van der Waals surface area contributed by atoms with Crippen LogP contribution in [0, 0.1) is 12.7 Å². The molecule has 5 heteroatoms. The fraction of sp³-hybridized carbons (Fsp3) is 0.0833. The number of ketones is 1. The second-order valence-corrected chi connectivity index (χ2v) is 6.41. The minimum Gasteiger partial charge on any atom is -0.288 e. The number of benzene rings is 1. The molecule has 1 heterocycles. The molecule has 0 unspecified atom stereocenters. The van der Waals surface area contributed by atoms with Crippen LogP contribution in [0.5, 0.6) is 0 Å². The fourth-order valence-corrected chi connectivity index (χ4v) is 3.24. The molecule has 0 fully saturated rings. The molecule has 0 saturated heterocycles. The average Bonchev–Trinajstić information content (AvgIpc) is 2.62. The van der Waals surface area contributed by atoms with E-state index in [0.717, 1.165) is 9.35 Å². The van der Waals surface area contributed by atoms with Crippen LogP contribution in [0.1, 0.15) is 20.1 Å². The number of halogens is 3. The lowest BCUT2D eigenvalue weighted by atomic mass is 10.1. The molecule has 0 saturated carbocycles. The van der Waals surface area contributed by atoms with E-state index in [1.165, 1.54) is 17.4 Å². The molecule has 1 nitrogen and oxygen atoms in total. The minimum absolute atomic E-state index is 0.0909. The highest BCUT2D eigenvalue weighted by Gasteiger charge is 2.18. The van der Waals surface area contributed by atoms with E-state index in [0.29, 0.717) is 9.35 Å². The van der Waals surface area contributed by atoms with Crippen LogP contribution < -0.4 is 0 Å². The van der Waals surface area contributed by atoms with Crippen molar-refractivity contribution in [2.75, 3.05) is 0 Å². The number of carbonyl (C=O) groups is 1. The van der Waals surface area contributed by atoms with E-state index < -0.39 is 5.82 Å². The lowest BCUT2D eigenvalue weighted by Gasteiger charge is -2.01. The van der Waals surface area contributed by atoms with E-state index in [2.05, 4.69) is 31.9 Å². The Kier molecular flexibility index (Phi) is 3.80. The molecule has 88 valence electrons. The Morgan fingerprint density at radius 3 is 2.59 bits per heavy atom. The van der Waals surface area contributed by atoms with Crippen molar-refractivity contribution in [2.24, 2.45) is 0 Å². The van der Waals surface area contributed by atoms with Crippen molar-refractivity contribution in [1.29, 1.82) is 0 Å². The summed E-state index contributed by atoms with van der Waals surface area (Å²) in [6, 6.07) is 6.44. The molecule has 2 rings (SSSR count). The number of carbonyl (C=O) groups excluding carboxylic acids is 1. The summed E-state index contributed by atoms with van der Waals surface area (Å²) < 4.78 is 14.9. The van der Waals surface area contributed by atoms with Crippen molar-refractivity contribution in [3.63, 3.8) is 0 Å². The van der Waals surface area contributed by atoms with Gasteiger partial charge in [0.05, 0.1) is 14.9 Å². The van der Waals surface area contributed by atoms with Gasteiger partial charge in [-0.2, -0.15) is 0 Å². The second-order valence-electron chi connectivity index (χ2n) is 3.45. The van der Waals surface area contributed by atoms with E-state index in [9.17, 15) is 9.18 Å². The highest BCUT2D eigenvalue weighted by Crippen LogP contribution is 2.29. The smallest absolute Gasteiger partial charge is 0.205 e. The quantitative estimate of drug-likeness (QED) is 0.676. The van der Waals surface area contributed by atoms with E-state index in [4.69, 9.17) is 0 Å². The Hall–Kier alpha value is -0.520. The van der Waals surface area contributed by atoms with Gasteiger partial charge in [0.15, 0.2) is 0 Å². The highest BCUT2D eigenvalue weighted by atomic mass is 79.9. The third-order valence-corrected chi connectivity index (χ3v) is 5.03. The normalized spacial score (nSPS) is 10.6. The summed E-state index contributed by atoms with van der Waals surface area (Å²) in [5.41, 5.74) is 0.0909. The molecule has 0 amide bonds. The van der Waals surface area contributed by atoms with Gasteiger partial charge in [-0.3, -0.25) is 4.79 Å². The minimum atomic E-state index is -0.514. The standard InChI is InChI=1S/C12H7Br2FOS/c1-6-9(14)5-10(17-6)12(16)7-3-2-4-8(13)11(7)15/h2-5H,1H3. The van der Waals surface area contributed by atoms with Crippen LogP contribution in [0.2, 0.25) is 0 Å². The monoisotopic (exact) mass is 376 g/mol. The maximum Gasteiger partial charge on any atom is 0.205 e. The summed E-state index contributed by atoms with van der Waals surface area (Å²) in [5, 5.41) is 0. The van der Waals surface area contributed by atoms with Crippen molar-refractivity contribution in [1.82, 2.24) is 0 Å². The number of hydrogen-bond acceptors (Lipinski definition) is 2. The zero-order valence-electron chi connectivity index (χ0n) is 8.76. The summed E-state index contributed by atoms with van der Waals surface area (Å²) in [6.45, 7) is 1.91. The Bertz CT molecular complexity index is 573. The van der Waals surface area contributed by atoms with Crippen LogP contribution in [0.4, 0.5) is 4.39 Å². The Morgan fingerprint density at radius 1 is 1.29 bits per heavy atom. The van der Waals surface area contributed by atoms with Gasteiger partial charge in [-0.05, 0) is 57.0 Å². The Labute approximate surface area is 119 Å². The molecule has 1 aromatic carbocycles. The molecule has 1 aromatic heterocycles. The number of rotatable bonds is 2. The maximum atomic E-state index is 13.8. The first kappa shape index (κ1) is 12.9. The van der Waals surface area contributed by atoms with Crippen molar-refractivity contribution in [3.05, 3.63) is 54.3 Å². The summed E-state index contributed by atoms with van der Waals surface area (Å²) in [7, 11) is 0. The third-order valence-electron chi connectivity index (χ3n) is 2.28. The van der Waals surface area contributed by atoms with Gasteiger partial charge in [0.2, 0.25) is 5.78 Å². The molecule has 0 bridgehead atoms. The van der Waals surface area contributed by atoms with Gasteiger partial charge in [-0.25, -0.2) is 4.39 Å². The van der Waals surface area contributed by atoms with Crippen molar-refractivity contribution < 1.29 is 9.18 Å². The molecule has 0 N–H and O–H groups in total. The van der Waals surface area contributed by atoms with Crippen molar-refractivity contribution in [3.8, 4) is 0 Å². The average molecular weight is 378 g/mol. The first-order chi connectivity index (χ1) is 8.00. The van der Waals surface area contributed by atoms with Crippen LogP contribution in [0.3, 0.4) is 0 Å². The largest absolute Gasteiger partial charge is 0.288 e. The lowest BCUT2D eigenvalue weighted by Crippen LogP contribution is -2.02. The summed E-state index contributed by atoms with van der Waals surface area (Å²) in [4.78, 5) is 13.7. The van der Waals surface area contributed by atoms with E-state index in [1.54, 1.807) is 18.2 Å². The SMILES string of the molecule is Cc1sc(C(=O)c2cccc(Br)c2F)cc1Br. The fourth-order valence-electron chi connectivity index (χ4n) is 1.38. The molecule has 0 aliphatic rings. The lowest BCUT2D eigenvalue weighted by molar-refractivity contribution is 0.103. The van der Waals surface area contributed by atoms with E-state index in [1.807, 2.05) is 6.92 Å². The van der Waals surface area contributed by atoms with E-state index >= 15 is 0 Å². The number of aryl methyl sites for hydroxylation is 1. The van der Waals surface area contributed by atoms with E-state index in [-0.39, 0.29) is 11.3 Å². The summed E-state index contributed by atoms with van der Waals surface area (Å²) >= 11 is 7.77. The molecule has 0 atom stereocenters. The van der Waals surface area contributed by atoms with Gasteiger partial charge < -0.3 is 0 Å². The van der Waals surface area contributed by atoms with Gasteiger partial charge in [0.1, 0.15) is 5.82 Å². The summed E-state index contributed by atoms with van der Waals surface area (Å²) in [5.74, 6) is -0.803. The first-order valence-corrected chi connectivity index (χ1v) is 7.15. The summed E-state index contributed by atoms with van der Waals surface area (Å²) in [6.07, 6.45) is 0. The number of thiophene rings is 1. The predicted molar refractivity (Wildman–Crippen MR) is 74.3 cm³/mol. The molecular formula is C12H7Br2FOS. The van der Waals surface area contributed by atoms with Crippen LogP contribution in [0.25, 0.3) is 0 Å². The van der Waals surface area contributed by atoms with Crippen LogP contribution >= 0.6 is 43.2 Å². The van der Waals surface area contributed by atoms with Gasteiger partial charge in [-0.15, -0.1) is 11.3 Å². The molecule has 17 heavy (non-hydrogen) atoms. The molecule has 2 aromatic rings. The van der Waals surface area contributed by atoms with Gasteiger partial charge >= 0.3 is 0 Å². The molecule has 0 aliphatic heterocycles.